The van der Waals surface area contributed by atoms with Crippen LogP contribution >= 0.6 is 11.8 Å². The fourth-order valence-electron chi connectivity index (χ4n) is 1.73. The van der Waals surface area contributed by atoms with E-state index in [2.05, 4.69) is 37.4 Å². The summed E-state index contributed by atoms with van der Waals surface area (Å²) in [4.78, 5) is 0. The highest BCUT2D eigenvalue weighted by atomic mass is 32.2. The first-order valence-electron chi connectivity index (χ1n) is 5.55. The summed E-state index contributed by atoms with van der Waals surface area (Å²) in [5, 5.41) is 0. The lowest BCUT2D eigenvalue weighted by molar-refractivity contribution is 0.435. The molecule has 2 heteroatoms. The van der Waals surface area contributed by atoms with Crippen molar-refractivity contribution in [2.75, 3.05) is 12.0 Å². The van der Waals surface area contributed by atoms with Gasteiger partial charge < -0.3 is 5.73 Å². The van der Waals surface area contributed by atoms with E-state index >= 15 is 0 Å². The Labute approximate surface area is 97.4 Å². The first kappa shape index (κ1) is 12.6. The van der Waals surface area contributed by atoms with E-state index in [0.29, 0.717) is 5.92 Å². The van der Waals surface area contributed by atoms with Crippen molar-refractivity contribution < 1.29 is 0 Å². The van der Waals surface area contributed by atoms with Crippen molar-refractivity contribution in [2.45, 2.75) is 25.8 Å². The lowest BCUT2D eigenvalue weighted by Crippen LogP contribution is -2.19. The van der Waals surface area contributed by atoms with E-state index < -0.39 is 0 Å². The summed E-state index contributed by atoms with van der Waals surface area (Å²) in [5.41, 5.74) is 7.47. The summed E-state index contributed by atoms with van der Waals surface area (Å²) in [6, 6.07) is 10.6. The lowest BCUT2D eigenvalue weighted by atomic mass is 9.92. The van der Waals surface area contributed by atoms with Gasteiger partial charge in [-0.25, -0.2) is 0 Å². The third kappa shape index (κ3) is 4.27. The van der Waals surface area contributed by atoms with Gasteiger partial charge in [0.15, 0.2) is 0 Å². The Balaban J connectivity index is 2.42. The molecular weight excluding hydrogens is 202 g/mol. The second kappa shape index (κ2) is 6.91. The summed E-state index contributed by atoms with van der Waals surface area (Å²) in [6.45, 7) is 2.25. The van der Waals surface area contributed by atoms with Crippen molar-refractivity contribution in [3.05, 3.63) is 35.9 Å². The summed E-state index contributed by atoms with van der Waals surface area (Å²) in [6.07, 6.45) is 4.64. The topological polar surface area (TPSA) is 26.0 Å². The molecule has 0 spiro atoms. The molecule has 84 valence electrons. The van der Waals surface area contributed by atoms with Crippen LogP contribution in [0, 0.1) is 5.92 Å². The van der Waals surface area contributed by atoms with Crippen LogP contribution in [0.1, 0.15) is 31.4 Å². The van der Waals surface area contributed by atoms with Gasteiger partial charge in [-0.15, -0.1) is 0 Å². The van der Waals surface area contributed by atoms with Crippen LogP contribution in [-0.2, 0) is 0 Å². The van der Waals surface area contributed by atoms with E-state index in [-0.39, 0.29) is 6.04 Å². The Kier molecular flexibility index (Phi) is 5.81. The minimum Gasteiger partial charge on any atom is -0.324 e. The van der Waals surface area contributed by atoms with Gasteiger partial charge in [0.25, 0.3) is 0 Å². The molecule has 0 amide bonds. The molecule has 2 unspecified atom stereocenters. The van der Waals surface area contributed by atoms with E-state index in [4.69, 9.17) is 5.73 Å². The molecule has 2 N–H and O–H groups in total. The highest BCUT2D eigenvalue weighted by Gasteiger charge is 2.13. The van der Waals surface area contributed by atoms with Crippen molar-refractivity contribution >= 4 is 11.8 Å². The minimum absolute atomic E-state index is 0.188. The largest absolute Gasteiger partial charge is 0.324 e. The first-order chi connectivity index (χ1) is 7.25. The van der Waals surface area contributed by atoms with Crippen LogP contribution in [0.4, 0.5) is 0 Å². The smallest absolute Gasteiger partial charge is 0.0320 e. The Hall–Kier alpha value is -0.470. The van der Waals surface area contributed by atoms with Gasteiger partial charge in [-0.05, 0) is 36.3 Å². The number of hydrogen-bond acceptors (Lipinski definition) is 2. The van der Waals surface area contributed by atoms with Crippen molar-refractivity contribution in [2.24, 2.45) is 11.7 Å². The van der Waals surface area contributed by atoms with Crippen molar-refractivity contribution in [1.82, 2.24) is 0 Å². The van der Waals surface area contributed by atoms with Crippen LogP contribution < -0.4 is 5.73 Å². The standard InChI is InChI=1S/C13H21NS/c1-11(7-6-10-15-2)13(14)12-8-4-3-5-9-12/h3-5,8-9,11,13H,6-7,10,14H2,1-2H3. The molecule has 0 fully saturated rings. The molecule has 0 bridgehead atoms. The molecule has 1 rings (SSSR count). The normalized spacial score (nSPS) is 14.9. The monoisotopic (exact) mass is 223 g/mol. The summed E-state index contributed by atoms with van der Waals surface area (Å²) in [5.74, 6) is 1.81. The average Bonchev–Trinajstić information content (AvgIpc) is 2.29. The zero-order chi connectivity index (χ0) is 11.1. The van der Waals surface area contributed by atoms with E-state index in [9.17, 15) is 0 Å². The van der Waals surface area contributed by atoms with E-state index in [1.165, 1.54) is 24.2 Å². The van der Waals surface area contributed by atoms with E-state index in [1.54, 1.807) is 0 Å². The SMILES string of the molecule is CSCCCC(C)C(N)c1ccccc1. The van der Waals surface area contributed by atoms with Gasteiger partial charge in [0.05, 0.1) is 0 Å². The van der Waals surface area contributed by atoms with Crippen LogP contribution in [0.25, 0.3) is 0 Å². The predicted octanol–water partition coefficient (Wildman–Crippen LogP) is 3.47. The van der Waals surface area contributed by atoms with Gasteiger partial charge >= 0.3 is 0 Å². The first-order valence-corrected chi connectivity index (χ1v) is 6.94. The quantitative estimate of drug-likeness (QED) is 0.747. The van der Waals surface area contributed by atoms with Gasteiger partial charge in [-0.1, -0.05) is 37.3 Å². The molecule has 0 aliphatic carbocycles. The number of nitrogens with two attached hydrogens (primary N) is 1. The highest BCUT2D eigenvalue weighted by Crippen LogP contribution is 2.23. The van der Waals surface area contributed by atoms with Crippen molar-refractivity contribution in [3.63, 3.8) is 0 Å². The predicted molar refractivity (Wildman–Crippen MR) is 70.2 cm³/mol. The summed E-state index contributed by atoms with van der Waals surface area (Å²) >= 11 is 1.91. The average molecular weight is 223 g/mol. The maximum atomic E-state index is 6.21. The third-order valence-corrected chi connectivity index (χ3v) is 3.50. The van der Waals surface area contributed by atoms with Crippen LogP contribution in [0.5, 0.6) is 0 Å². The molecule has 0 saturated heterocycles. The molecular formula is C13H21NS. The fraction of sp³-hybridized carbons (Fsp3) is 0.538. The van der Waals surface area contributed by atoms with Crippen LogP contribution in [0.15, 0.2) is 30.3 Å². The molecule has 1 aromatic rings. The molecule has 2 atom stereocenters. The van der Waals surface area contributed by atoms with Crippen molar-refractivity contribution in [3.8, 4) is 0 Å². The molecule has 0 saturated carbocycles. The molecule has 0 radical (unpaired) electrons. The molecule has 1 aromatic carbocycles. The zero-order valence-corrected chi connectivity index (χ0v) is 10.5. The van der Waals surface area contributed by atoms with Crippen LogP contribution in [0.3, 0.4) is 0 Å². The van der Waals surface area contributed by atoms with Crippen molar-refractivity contribution in [1.29, 1.82) is 0 Å². The van der Waals surface area contributed by atoms with Gasteiger partial charge in [-0.3, -0.25) is 0 Å². The molecule has 15 heavy (non-hydrogen) atoms. The van der Waals surface area contributed by atoms with Crippen LogP contribution in [0.2, 0.25) is 0 Å². The Morgan fingerprint density at radius 1 is 1.27 bits per heavy atom. The number of hydrogen-bond donors (Lipinski definition) is 1. The van der Waals surface area contributed by atoms with Gasteiger partial charge in [0.2, 0.25) is 0 Å². The van der Waals surface area contributed by atoms with Crippen LogP contribution in [-0.4, -0.2) is 12.0 Å². The second-order valence-electron chi connectivity index (χ2n) is 4.05. The molecule has 0 aliphatic rings. The van der Waals surface area contributed by atoms with Gasteiger partial charge in [0, 0.05) is 6.04 Å². The Morgan fingerprint density at radius 3 is 2.53 bits per heavy atom. The highest BCUT2D eigenvalue weighted by molar-refractivity contribution is 7.98. The Bertz CT molecular complexity index is 260. The zero-order valence-electron chi connectivity index (χ0n) is 9.65. The summed E-state index contributed by atoms with van der Waals surface area (Å²) in [7, 11) is 0. The Morgan fingerprint density at radius 2 is 1.93 bits per heavy atom. The minimum atomic E-state index is 0.188. The third-order valence-electron chi connectivity index (χ3n) is 2.81. The fourth-order valence-corrected chi connectivity index (χ4v) is 2.19. The molecule has 0 heterocycles. The molecule has 0 aliphatic heterocycles. The molecule has 1 nitrogen and oxygen atoms in total. The second-order valence-corrected chi connectivity index (χ2v) is 5.03. The molecule has 0 aromatic heterocycles. The number of rotatable bonds is 6. The van der Waals surface area contributed by atoms with Gasteiger partial charge in [0.1, 0.15) is 0 Å². The number of thioether (sulfide) groups is 1. The van der Waals surface area contributed by atoms with E-state index in [1.807, 2.05) is 17.8 Å². The maximum Gasteiger partial charge on any atom is 0.0320 e. The summed E-state index contributed by atoms with van der Waals surface area (Å²) < 4.78 is 0. The lowest BCUT2D eigenvalue weighted by Gasteiger charge is -2.20. The number of benzene rings is 1. The van der Waals surface area contributed by atoms with E-state index in [0.717, 1.165) is 0 Å². The van der Waals surface area contributed by atoms with Gasteiger partial charge in [-0.2, -0.15) is 11.8 Å². The maximum absolute atomic E-state index is 6.21.